The van der Waals surface area contributed by atoms with Gasteiger partial charge in [-0.05, 0) is 19.3 Å². The number of rotatable bonds is 5. The molecule has 0 rings (SSSR count). The molecule has 68 valence electrons. The predicted octanol–water partition coefficient (Wildman–Crippen LogP) is 1.13. The highest BCUT2D eigenvalue weighted by atomic mass is 32.2. The summed E-state index contributed by atoms with van der Waals surface area (Å²) >= 11 is 0. The van der Waals surface area contributed by atoms with Crippen molar-refractivity contribution >= 4 is 10.8 Å². The summed E-state index contributed by atoms with van der Waals surface area (Å²) in [5, 5.41) is 0.161. The summed E-state index contributed by atoms with van der Waals surface area (Å²) in [6.07, 6.45) is 1.04. The zero-order chi connectivity index (χ0) is 8.85. The normalized spacial score (nSPS) is 16.8. The Kier molecular flexibility index (Phi) is 5.78. The van der Waals surface area contributed by atoms with Crippen LogP contribution in [0.3, 0.4) is 0 Å². The molecule has 0 aliphatic carbocycles. The Bertz CT molecular complexity index is 125. The van der Waals surface area contributed by atoms with Gasteiger partial charge in [0.15, 0.2) is 0 Å². The minimum atomic E-state index is -0.710. The molecule has 2 atom stereocenters. The van der Waals surface area contributed by atoms with Gasteiger partial charge in [-0.2, -0.15) is 0 Å². The van der Waals surface area contributed by atoms with E-state index in [9.17, 15) is 4.21 Å². The molecule has 0 bridgehead atoms. The third kappa shape index (κ3) is 5.39. The van der Waals surface area contributed by atoms with E-state index in [1.807, 2.05) is 6.92 Å². The molecule has 2 nitrogen and oxygen atoms in total. The van der Waals surface area contributed by atoms with Gasteiger partial charge in [0.25, 0.3) is 0 Å². The maximum Gasteiger partial charge on any atom is 0.0442 e. The van der Waals surface area contributed by atoms with Crippen molar-refractivity contribution in [3.05, 3.63) is 0 Å². The molecule has 0 aromatic carbocycles. The van der Waals surface area contributed by atoms with Gasteiger partial charge in [0.05, 0.1) is 0 Å². The van der Waals surface area contributed by atoms with E-state index in [4.69, 9.17) is 5.73 Å². The Morgan fingerprint density at radius 3 is 2.27 bits per heavy atom. The lowest BCUT2D eigenvalue weighted by Gasteiger charge is -2.09. The Balaban J connectivity index is 3.52. The fourth-order valence-electron chi connectivity index (χ4n) is 0.660. The topological polar surface area (TPSA) is 43.1 Å². The first-order chi connectivity index (χ1) is 5.07. The van der Waals surface area contributed by atoms with Crippen LogP contribution < -0.4 is 5.73 Å². The second-order valence-corrected chi connectivity index (χ2v) is 5.29. The maximum atomic E-state index is 11.3. The summed E-state index contributed by atoms with van der Waals surface area (Å²) in [5.41, 5.74) is 5.39. The summed E-state index contributed by atoms with van der Waals surface area (Å²) in [6, 6.07) is 0. The van der Waals surface area contributed by atoms with E-state index in [0.717, 1.165) is 12.2 Å². The summed E-state index contributed by atoms with van der Waals surface area (Å²) < 4.78 is 11.3. The van der Waals surface area contributed by atoms with Crippen LogP contribution in [0.5, 0.6) is 0 Å². The molecular weight excluding hydrogens is 158 g/mol. The van der Waals surface area contributed by atoms with E-state index in [-0.39, 0.29) is 5.25 Å². The van der Waals surface area contributed by atoms with Crippen LogP contribution in [-0.4, -0.2) is 21.8 Å². The highest BCUT2D eigenvalue weighted by molar-refractivity contribution is 7.85. The summed E-state index contributed by atoms with van der Waals surface area (Å²) in [5.74, 6) is 1.44. The minimum absolute atomic E-state index is 0.161. The average Bonchev–Trinajstić information content (AvgIpc) is 1.98. The summed E-state index contributed by atoms with van der Waals surface area (Å²) in [4.78, 5) is 0. The van der Waals surface area contributed by atoms with Crippen LogP contribution in [0.2, 0.25) is 0 Å². The Hall–Kier alpha value is 0.110. The van der Waals surface area contributed by atoms with Crippen LogP contribution in [0, 0.1) is 5.92 Å². The highest BCUT2D eigenvalue weighted by Crippen LogP contribution is 2.03. The van der Waals surface area contributed by atoms with Crippen molar-refractivity contribution in [3.8, 4) is 0 Å². The van der Waals surface area contributed by atoms with Crippen molar-refractivity contribution in [2.75, 3.05) is 12.3 Å². The van der Waals surface area contributed by atoms with E-state index in [0.29, 0.717) is 12.5 Å². The molecule has 0 aromatic heterocycles. The Morgan fingerprint density at radius 2 is 1.91 bits per heavy atom. The zero-order valence-corrected chi connectivity index (χ0v) is 8.49. The van der Waals surface area contributed by atoms with Crippen molar-refractivity contribution in [2.24, 2.45) is 11.7 Å². The van der Waals surface area contributed by atoms with Crippen molar-refractivity contribution in [1.82, 2.24) is 0 Å². The molecule has 0 amide bonds. The fourth-order valence-corrected chi connectivity index (χ4v) is 1.98. The van der Waals surface area contributed by atoms with E-state index >= 15 is 0 Å². The van der Waals surface area contributed by atoms with Crippen molar-refractivity contribution < 1.29 is 4.21 Å². The van der Waals surface area contributed by atoms with Crippen molar-refractivity contribution in [1.29, 1.82) is 0 Å². The standard InChI is InChI=1S/C8H19NOS/c1-7(2)4-5-11(10)8(3)6-9/h7-8H,4-6,9H2,1-3H3. The summed E-state index contributed by atoms with van der Waals surface area (Å²) in [6.45, 7) is 6.76. The second kappa shape index (κ2) is 5.72. The molecule has 0 fully saturated rings. The fraction of sp³-hybridized carbons (Fsp3) is 1.00. The van der Waals surface area contributed by atoms with Gasteiger partial charge in [0.1, 0.15) is 0 Å². The van der Waals surface area contributed by atoms with Crippen molar-refractivity contribution in [3.63, 3.8) is 0 Å². The third-order valence-electron chi connectivity index (χ3n) is 1.68. The quantitative estimate of drug-likeness (QED) is 0.684. The second-order valence-electron chi connectivity index (χ2n) is 3.31. The first-order valence-electron chi connectivity index (χ1n) is 4.15. The van der Waals surface area contributed by atoms with Gasteiger partial charge in [-0.3, -0.25) is 4.21 Å². The van der Waals surface area contributed by atoms with E-state index < -0.39 is 10.8 Å². The van der Waals surface area contributed by atoms with Crippen LogP contribution in [-0.2, 0) is 10.8 Å². The van der Waals surface area contributed by atoms with Crippen LogP contribution in [0.25, 0.3) is 0 Å². The molecule has 0 aliphatic heterocycles. The van der Waals surface area contributed by atoms with E-state index in [1.54, 1.807) is 0 Å². The highest BCUT2D eigenvalue weighted by Gasteiger charge is 2.08. The lowest BCUT2D eigenvalue weighted by molar-refractivity contribution is 0.616. The van der Waals surface area contributed by atoms with Gasteiger partial charge in [0.2, 0.25) is 0 Å². The predicted molar refractivity (Wildman–Crippen MR) is 51.0 cm³/mol. The molecule has 3 heteroatoms. The molecule has 2 unspecified atom stereocenters. The van der Waals surface area contributed by atoms with Crippen LogP contribution in [0.1, 0.15) is 27.2 Å². The molecule has 0 aliphatic rings. The number of hydrogen-bond donors (Lipinski definition) is 1. The SMILES string of the molecule is CC(C)CCS(=O)C(C)CN. The average molecular weight is 177 g/mol. The molecule has 2 N–H and O–H groups in total. The monoisotopic (exact) mass is 177 g/mol. The molecule has 0 saturated heterocycles. The van der Waals surface area contributed by atoms with Gasteiger partial charge < -0.3 is 5.73 Å². The van der Waals surface area contributed by atoms with Crippen LogP contribution in [0.4, 0.5) is 0 Å². The third-order valence-corrected chi connectivity index (χ3v) is 3.41. The lowest BCUT2D eigenvalue weighted by atomic mass is 10.2. The Morgan fingerprint density at radius 1 is 1.36 bits per heavy atom. The molecule has 0 heterocycles. The van der Waals surface area contributed by atoms with Gasteiger partial charge >= 0.3 is 0 Å². The number of nitrogens with two attached hydrogens (primary N) is 1. The zero-order valence-electron chi connectivity index (χ0n) is 7.67. The first kappa shape index (κ1) is 11.1. The summed E-state index contributed by atoms with van der Waals surface area (Å²) in [7, 11) is -0.710. The number of hydrogen-bond acceptors (Lipinski definition) is 2. The smallest absolute Gasteiger partial charge is 0.0442 e. The van der Waals surface area contributed by atoms with Crippen molar-refractivity contribution in [2.45, 2.75) is 32.4 Å². The van der Waals surface area contributed by atoms with E-state index in [1.165, 1.54) is 0 Å². The maximum absolute atomic E-state index is 11.3. The van der Waals surface area contributed by atoms with Crippen LogP contribution in [0.15, 0.2) is 0 Å². The van der Waals surface area contributed by atoms with Gasteiger partial charge in [0, 0.05) is 28.3 Å². The Labute approximate surface area is 72.0 Å². The molecule has 0 radical (unpaired) electrons. The minimum Gasteiger partial charge on any atom is -0.329 e. The molecule has 11 heavy (non-hydrogen) atoms. The molecular formula is C8H19NOS. The largest absolute Gasteiger partial charge is 0.329 e. The molecule has 0 saturated carbocycles. The molecule has 0 aromatic rings. The van der Waals surface area contributed by atoms with Gasteiger partial charge in [-0.1, -0.05) is 13.8 Å². The lowest BCUT2D eigenvalue weighted by Crippen LogP contribution is -2.24. The van der Waals surface area contributed by atoms with E-state index in [2.05, 4.69) is 13.8 Å². The van der Waals surface area contributed by atoms with Gasteiger partial charge in [-0.15, -0.1) is 0 Å². The van der Waals surface area contributed by atoms with Crippen LogP contribution >= 0.6 is 0 Å². The first-order valence-corrected chi connectivity index (χ1v) is 5.53. The molecule has 0 spiro atoms. The van der Waals surface area contributed by atoms with Gasteiger partial charge in [-0.25, -0.2) is 0 Å².